The van der Waals surface area contributed by atoms with E-state index in [0.717, 1.165) is 62.3 Å². The number of rotatable bonds is 8. The molecule has 218 valence electrons. The first-order chi connectivity index (χ1) is 20.5. The third kappa shape index (κ3) is 5.75. The van der Waals surface area contributed by atoms with Crippen molar-refractivity contribution in [2.24, 2.45) is 11.7 Å². The van der Waals surface area contributed by atoms with Gasteiger partial charge in [-0.2, -0.15) is 5.10 Å². The summed E-state index contributed by atoms with van der Waals surface area (Å²) in [5, 5.41) is 7.90. The quantitative estimate of drug-likeness (QED) is 0.316. The normalized spacial score (nSPS) is 17.7. The maximum atomic E-state index is 14.7. The van der Waals surface area contributed by atoms with Crippen LogP contribution in [-0.4, -0.2) is 64.1 Å². The molecule has 0 radical (unpaired) electrons. The molecule has 2 saturated heterocycles. The summed E-state index contributed by atoms with van der Waals surface area (Å²) in [6, 6.07) is 8.50. The van der Waals surface area contributed by atoms with Crippen LogP contribution in [0, 0.1) is 11.7 Å². The van der Waals surface area contributed by atoms with Crippen molar-refractivity contribution in [2.45, 2.75) is 31.7 Å². The molecule has 0 aliphatic carbocycles. The second kappa shape index (κ2) is 12.1. The number of benzene rings is 1. The molecule has 0 saturated carbocycles. The number of nitrogens with zero attached hydrogens (tertiary/aromatic N) is 6. The molecular weight excluding hydrogens is 539 g/mol. The topological polar surface area (TPSA) is 133 Å². The average Bonchev–Trinajstić information content (AvgIpc) is 3.52. The van der Waals surface area contributed by atoms with Crippen LogP contribution in [0.2, 0.25) is 0 Å². The van der Waals surface area contributed by atoms with E-state index in [-0.39, 0.29) is 23.2 Å². The van der Waals surface area contributed by atoms with Gasteiger partial charge in [0.2, 0.25) is 5.91 Å². The fraction of sp³-hybridized carbons (Fsp3) is 0.367. The van der Waals surface area contributed by atoms with Crippen molar-refractivity contribution < 1.29 is 18.7 Å². The number of carbonyl (C=O) groups is 1. The van der Waals surface area contributed by atoms with E-state index in [2.05, 4.69) is 36.5 Å². The number of aromatic nitrogens is 5. The highest BCUT2D eigenvalue weighted by molar-refractivity contribution is 5.82. The first kappa shape index (κ1) is 27.6. The lowest BCUT2D eigenvalue weighted by Gasteiger charge is -2.34. The van der Waals surface area contributed by atoms with Crippen LogP contribution in [0.3, 0.4) is 0 Å². The lowest BCUT2D eigenvalue weighted by Crippen LogP contribution is -2.41. The number of amides is 1. The van der Waals surface area contributed by atoms with Crippen molar-refractivity contribution >= 4 is 23.2 Å². The fourth-order valence-electron chi connectivity index (χ4n) is 5.62. The number of halogens is 1. The number of methoxy groups -OCH3 is 1. The van der Waals surface area contributed by atoms with Crippen molar-refractivity contribution in [2.75, 3.05) is 43.6 Å². The Hall–Kier alpha value is -4.58. The molecule has 0 spiro atoms. The molecule has 1 unspecified atom stereocenters. The van der Waals surface area contributed by atoms with E-state index in [0.29, 0.717) is 30.0 Å². The number of primary amides is 1. The van der Waals surface area contributed by atoms with Gasteiger partial charge in [0.1, 0.15) is 23.2 Å². The minimum Gasteiger partial charge on any atom is -0.496 e. The van der Waals surface area contributed by atoms with Crippen molar-refractivity contribution in [3.63, 3.8) is 0 Å². The van der Waals surface area contributed by atoms with Crippen LogP contribution in [0.4, 0.5) is 21.7 Å². The Balaban J connectivity index is 1.34. The summed E-state index contributed by atoms with van der Waals surface area (Å²) in [7, 11) is 1.48. The van der Waals surface area contributed by atoms with Gasteiger partial charge in [-0.3, -0.25) is 9.48 Å². The molecule has 12 heteroatoms. The summed E-state index contributed by atoms with van der Waals surface area (Å²) < 4.78 is 27.6. The van der Waals surface area contributed by atoms with Crippen molar-refractivity contribution in [1.29, 1.82) is 0 Å². The second-order valence-electron chi connectivity index (χ2n) is 10.5. The number of pyridine rings is 1. The van der Waals surface area contributed by atoms with Crippen molar-refractivity contribution in [1.82, 2.24) is 24.7 Å². The average molecular weight is 573 g/mol. The molecule has 3 N–H and O–H groups in total. The van der Waals surface area contributed by atoms with E-state index in [1.165, 1.54) is 13.2 Å². The van der Waals surface area contributed by atoms with Gasteiger partial charge >= 0.3 is 0 Å². The Bertz CT molecular complexity index is 1570. The van der Waals surface area contributed by atoms with Gasteiger partial charge in [-0.1, -0.05) is 6.07 Å². The Kier molecular flexibility index (Phi) is 7.95. The van der Waals surface area contributed by atoms with Gasteiger partial charge in [0.05, 0.1) is 30.8 Å². The van der Waals surface area contributed by atoms with Gasteiger partial charge in [-0.25, -0.2) is 19.3 Å². The maximum Gasteiger partial charge on any atom is 0.222 e. The highest BCUT2D eigenvalue weighted by Gasteiger charge is 2.27. The molecule has 1 atom stereocenters. The maximum absolute atomic E-state index is 14.7. The molecule has 1 aromatic carbocycles. The highest BCUT2D eigenvalue weighted by atomic mass is 19.1. The lowest BCUT2D eigenvalue weighted by atomic mass is 9.96. The smallest absolute Gasteiger partial charge is 0.222 e. The zero-order chi connectivity index (χ0) is 29.1. The van der Waals surface area contributed by atoms with Gasteiger partial charge in [0.25, 0.3) is 0 Å². The number of nitrogens with two attached hydrogens (primary N) is 1. The molecule has 2 aliphatic heterocycles. The standard InChI is InChI=1S/C30H33FN8O3/c1-41-25-6-2-5-23(31)28(25)30-33-10-7-26(37-30)36-27-14-24(38-11-3-4-19(17-38)29(32)40)22(16-34-27)20-15-35-39(18-20)21-8-12-42-13-9-21/h2,5-7,10,14-16,18-19,21H,3-4,8-9,11-13,17H2,1H3,(H2,32,40)(H,33,34,36,37). The zero-order valence-electron chi connectivity index (χ0n) is 23.4. The van der Waals surface area contributed by atoms with E-state index in [1.807, 2.05) is 16.9 Å². The third-order valence-electron chi connectivity index (χ3n) is 7.85. The van der Waals surface area contributed by atoms with Gasteiger partial charge in [0, 0.05) is 67.8 Å². The van der Waals surface area contributed by atoms with Crippen LogP contribution in [0.15, 0.2) is 55.1 Å². The van der Waals surface area contributed by atoms with Crippen LogP contribution >= 0.6 is 0 Å². The zero-order valence-corrected chi connectivity index (χ0v) is 23.4. The van der Waals surface area contributed by atoms with E-state index < -0.39 is 5.82 Å². The minimum atomic E-state index is -0.480. The Morgan fingerprint density at radius 2 is 2.00 bits per heavy atom. The summed E-state index contributed by atoms with van der Waals surface area (Å²) in [6.45, 7) is 2.75. The van der Waals surface area contributed by atoms with Crippen LogP contribution in [-0.2, 0) is 9.53 Å². The summed E-state index contributed by atoms with van der Waals surface area (Å²) in [5.41, 5.74) is 8.64. The molecule has 5 heterocycles. The van der Waals surface area contributed by atoms with Crippen LogP contribution in [0.5, 0.6) is 5.75 Å². The fourth-order valence-corrected chi connectivity index (χ4v) is 5.62. The summed E-state index contributed by atoms with van der Waals surface area (Å²) in [6.07, 6.45) is 10.7. The number of ether oxygens (including phenoxy) is 2. The van der Waals surface area contributed by atoms with Crippen LogP contribution < -0.4 is 20.7 Å². The van der Waals surface area contributed by atoms with E-state index >= 15 is 0 Å². The van der Waals surface area contributed by atoms with Crippen molar-refractivity contribution in [3.8, 4) is 28.3 Å². The Morgan fingerprint density at radius 3 is 2.81 bits per heavy atom. The summed E-state index contributed by atoms with van der Waals surface area (Å²) in [4.78, 5) is 27.8. The van der Waals surface area contributed by atoms with Gasteiger partial charge in [0.15, 0.2) is 5.82 Å². The number of anilines is 3. The van der Waals surface area contributed by atoms with E-state index in [1.54, 1.807) is 30.6 Å². The molecule has 4 aromatic rings. The molecule has 2 fully saturated rings. The molecule has 0 bridgehead atoms. The number of hydrogen-bond acceptors (Lipinski definition) is 9. The molecule has 11 nitrogen and oxygen atoms in total. The van der Waals surface area contributed by atoms with Gasteiger partial charge in [-0.15, -0.1) is 0 Å². The summed E-state index contributed by atoms with van der Waals surface area (Å²) in [5.74, 6) is 0.500. The van der Waals surface area contributed by atoms with E-state index in [4.69, 9.17) is 15.2 Å². The predicted octanol–water partition coefficient (Wildman–Crippen LogP) is 4.35. The Morgan fingerprint density at radius 1 is 1.14 bits per heavy atom. The minimum absolute atomic E-state index is 0.181. The molecule has 6 rings (SSSR count). The third-order valence-corrected chi connectivity index (χ3v) is 7.85. The first-order valence-corrected chi connectivity index (χ1v) is 14.1. The summed E-state index contributed by atoms with van der Waals surface area (Å²) >= 11 is 0. The van der Waals surface area contributed by atoms with Crippen LogP contribution in [0.25, 0.3) is 22.5 Å². The van der Waals surface area contributed by atoms with Crippen molar-refractivity contribution in [3.05, 3.63) is 60.9 Å². The number of nitrogens with one attached hydrogen (secondary N) is 1. The lowest BCUT2D eigenvalue weighted by molar-refractivity contribution is -0.122. The molecular formula is C30H33FN8O3. The Labute approximate surface area is 242 Å². The molecule has 2 aliphatic rings. The van der Waals surface area contributed by atoms with Gasteiger partial charge < -0.3 is 25.4 Å². The largest absolute Gasteiger partial charge is 0.496 e. The monoisotopic (exact) mass is 572 g/mol. The molecule has 1 amide bonds. The van der Waals surface area contributed by atoms with Gasteiger partial charge in [-0.05, 0) is 43.9 Å². The predicted molar refractivity (Wildman–Crippen MR) is 156 cm³/mol. The highest BCUT2D eigenvalue weighted by Crippen LogP contribution is 2.36. The number of carbonyl (C=O) groups excluding carboxylic acids is 1. The SMILES string of the molecule is COc1cccc(F)c1-c1nccc(Nc2cc(N3CCCC(C(N)=O)C3)c(-c3cnn(C4CCOCC4)c3)cn2)n1. The number of hydrogen-bond donors (Lipinski definition) is 2. The van der Waals surface area contributed by atoms with Crippen LogP contribution in [0.1, 0.15) is 31.7 Å². The second-order valence-corrected chi connectivity index (χ2v) is 10.5. The molecule has 3 aromatic heterocycles. The van der Waals surface area contributed by atoms with E-state index in [9.17, 15) is 9.18 Å². The number of piperidine rings is 1. The molecule has 42 heavy (non-hydrogen) atoms. The first-order valence-electron chi connectivity index (χ1n) is 14.1.